The summed E-state index contributed by atoms with van der Waals surface area (Å²) < 4.78 is 0. The van der Waals surface area contributed by atoms with Crippen LogP contribution < -0.4 is 0 Å². The molecule has 0 heteroatoms. The van der Waals surface area contributed by atoms with Crippen LogP contribution in [0.25, 0.3) is 0 Å². The molecule has 0 aromatic carbocycles. The molecule has 0 aromatic heterocycles. The van der Waals surface area contributed by atoms with Gasteiger partial charge in [0.05, 0.1) is 0 Å². The van der Waals surface area contributed by atoms with Gasteiger partial charge in [0, 0.05) is 0 Å². The molecule has 86 valence electrons. The quantitative estimate of drug-likeness (QED) is 0.553. The van der Waals surface area contributed by atoms with Crippen LogP contribution in [0.1, 0.15) is 52.9 Å². The van der Waals surface area contributed by atoms with Gasteiger partial charge < -0.3 is 0 Å². The molecule has 3 fully saturated rings. The Kier molecular flexibility index (Phi) is 2.37. The predicted octanol–water partition coefficient (Wildman–Crippen LogP) is 4.35. The zero-order valence-electron chi connectivity index (χ0n) is 10.6. The first-order valence-electron chi connectivity index (χ1n) is 7.16. The number of rotatable bonds is 0. The molecule has 0 bridgehead atoms. The van der Waals surface area contributed by atoms with Gasteiger partial charge in [0.15, 0.2) is 0 Å². The van der Waals surface area contributed by atoms with Crippen molar-refractivity contribution in [2.75, 3.05) is 0 Å². The van der Waals surface area contributed by atoms with E-state index < -0.39 is 0 Å². The van der Waals surface area contributed by atoms with Gasteiger partial charge in [0.25, 0.3) is 0 Å². The Morgan fingerprint density at radius 1 is 0.800 bits per heavy atom. The summed E-state index contributed by atoms with van der Waals surface area (Å²) in [6.45, 7) is 7.55. The molecule has 0 heterocycles. The van der Waals surface area contributed by atoms with Crippen LogP contribution in [-0.4, -0.2) is 0 Å². The molecular weight excluding hydrogens is 180 g/mol. The summed E-state index contributed by atoms with van der Waals surface area (Å²) in [7, 11) is 0. The van der Waals surface area contributed by atoms with E-state index in [4.69, 9.17) is 0 Å². The van der Waals surface area contributed by atoms with Gasteiger partial charge in [0.1, 0.15) is 0 Å². The van der Waals surface area contributed by atoms with E-state index in [1.807, 2.05) is 0 Å². The first-order chi connectivity index (χ1) is 7.16. The Morgan fingerprint density at radius 2 is 1.53 bits per heavy atom. The summed E-state index contributed by atoms with van der Waals surface area (Å²) in [5.41, 5.74) is 0. The SMILES string of the molecule is CC1CC2CCC3CC(C)C3C(C)C2C1. The van der Waals surface area contributed by atoms with Crippen LogP contribution in [0.4, 0.5) is 0 Å². The van der Waals surface area contributed by atoms with E-state index in [1.165, 1.54) is 0 Å². The van der Waals surface area contributed by atoms with Crippen molar-refractivity contribution in [3.63, 3.8) is 0 Å². The lowest BCUT2D eigenvalue weighted by Gasteiger charge is -2.47. The third-order valence-corrected chi connectivity index (χ3v) is 6.05. The molecule has 0 nitrogen and oxygen atoms in total. The molecule has 3 aliphatic carbocycles. The first-order valence-corrected chi connectivity index (χ1v) is 7.16. The van der Waals surface area contributed by atoms with Crippen LogP contribution in [0, 0.1) is 41.4 Å². The first kappa shape index (κ1) is 10.2. The van der Waals surface area contributed by atoms with Crippen molar-refractivity contribution in [1.82, 2.24) is 0 Å². The minimum atomic E-state index is 1.02. The predicted molar refractivity (Wildman–Crippen MR) is 64.5 cm³/mol. The van der Waals surface area contributed by atoms with Gasteiger partial charge in [-0.25, -0.2) is 0 Å². The molecule has 0 saturated heterocycles. The lowest BCUT2D eigenvalue weighted by molar-refractivity contribution is 0.0201. The molecule has 3 aliphatic rings. The fraction of sp³-hybridized carbons (Fsp3) is 1.00. The monoisotopic (exact) mass is 206 g/mol. The summed E-state index contributed by atoms with van der Waals surface area (Å²) >= 11 is 0. The maximum absolute atomic E-state index is 2.58. The average Bonchev–Trinajstić information content (AvgIpc) is 2.49. The van der Waals surface area contributed by atoms with Gasteiger partial charge in [-0.3, -0.25) is 0 Å². The lowest BCUT2D eigenvalue weighted by atomic mass is 9.58. The minimum absolute atomic E-state index is 1.02. The van der Waals surface area contributed by atoms with Crippen LogP contribution in [0.3, 0.4) is 0 Å². The summed E-state index contributed by atoms with van der Waals surface area (Å²) in [4.78, 5) is 0. The maximum atomic E-state index is 2.58. The second kappa shape index (κ2) is 3.50. The topological polar surface area (TPSA) is 0 Å². The molecule has 7 unspecified atom stereocenters. The molecule has 0 radical (unpaired) electrons. The van der Waals surface area contributed by atoms with Crippen molar-refractivity contribution in [3.05, 3.63) is 0 Å². The molecular formula is C15H26. The summed E-state index contributed by atoms with van der Waals surface area (Å²) in [6, 6.07) is 0. The summed E-state index contributed by atoms with van der Waals surface area (Å²) in [5, 5.41) is 0. The largest absolute Gasteiger partial charge is 0.0625 e. The fourth-order valence-electron chi connectivity index (χ4n) is 5.45. The summed E-state index contributed by atoms with van der Waals surface area (Å²) in [5.74, 6) is 7.52. The van der Waals surface area contributed by atoms with Gasteiger partial charge in [-0.15, -0.1) is 0 Å². The molecule has 0 N–H and O–H groups in total. The molecule has 15 heavy (non-hydrogen) atoms. The molecule has 3 saturated carbocycles. The van der Waals surface area contributed by atoms with Crippen LogP contribution in [-0.2, 0) is 0 Å². The Hall–Kier alpha value is 0. The number of hydrogen-bond donors (Lipinski definition) is 0. The van der Waals surface area contributed by atoms with Crippen molar-refractivity contribution in [2.45, 2.75) is 52.9 Å². The van der Waals surface area contributed by atoms with E-state index in [0.29, 0.717) is 0 Å². The Balaban J connectivity index is 1.80. The lowest BCUT2D eigenvalue weighted by Crippen LogP contribution is -2.40. The highest BCUT2D eigenvalue weighted by atomic mass is 14.5. The van der Waals surface area contributed by atoms with E-state index in [2.05, 4.69) is 20.8 Å². The van der Waals surface area contributed by atoms with Crippen molar-refractivity contribution in [3.8, 4) is 0 Å². The second-order valence-electron chi connectivity index (χ2n) is 6.99. The van der Waals surface area contributed by atoms with Gasteiger partial charge in [0.2, 0.25) is 0 Å². The van der Waals surface area contributed by atoms with Crippen molar-refractivity contribution in [1.29, 1.82) is 0 Å². The molecule has 7 atom stereocenters. The minimum Gasteiger partial charge on any atom is -0.0625 e. The molecule has 0 amide bonds. The Labute approximate surface area is 94.8 Å². The van der Waals surface area contributed by atoms with Crippen LogP contribution >= 0.6 is 0 Å². The van der Waals surface area contributed by atoms with Gasteiger partial charge in [-0.1, -0.05) is 20.8 Å². The fourth-order valence-corrected chi connectivity index (χ4v) is 5.45. The third-order valence-electron chi connectivity index (χ3n) is 6.05. The zero-order chi connectivity index (χ0) is 10.6. The Bertz CT molecular complexity index is 244. The van der Waals surface area contributed by atoms with Crippen molar-refractivity contribution < 1.29 is 0 Å². The van der Waals surface area contributed by atoms with Gasteiger partial charge >= 0.3 is 0 Å². The van der Waals surface area contributed by atoms with E-state index in [1.54, 1.807) is 32.1 Å². The van der Waals surface area contributed by atoms with Crippen molar-refractivity contribution >= 4 is 0 Å². The zero-order valence-corrected chi connectivity index (χ0v) is 10.6. The number of hydrogen-bond acceptors (Lipinski definition) is 0. The highest BCUT2D eigenvalue weighted by molar-refractivity contribution is 4.98. The van der Waals surface area contributed by atoms with E-state index >= 15 is 0 Å². The maximum Gasteiger partial charge on any atom is -0.0331 e. The van der Waals surface area contributed by atoms with Crippen LogP contribution in [0.5, 0.6) is 0 Å². The molecule has 0 aromatic rings. The highest BCUT2D eigenvalue weighted by Gasteiger charge is 2.49. The highest BCUT2D eigenvalue weighted by Crippen LogP contribution is 2.57. The molecule has 0 spiro atoms. The summed E-state index contributed by atoms with van der Waals surface area (Å²) in [6.07, 6.45) is 7.76. The van der Waals surface area contributed by atoms with Crippen LogP contribution in [0.2, 0.25) is 0 Å². The Morgan fingerprint density at radius 3 is 2.27 bits per heavy atom. The molecule has 0 aliphatic heterocycles. The van der Waals surface area contributed by atoms with E-state index in [9.17, 15) is 0 Å². The second-order valence-corrected chi connectivity index (χ2v) is 6.99. The average molecular weight is 206 g/mol. The number of fused-ring (bicyclic) bond motifs is 2. The van der Waals surface area contributed by atoms with E-state index in [-0.39, 0.29) is 0 Å². The van der Waals surface area contributed by atoms with Gasteiger partial charge in [-0.05, 0) is 73.5 Å². The smallest absolute Gasteiger partial charge is 0.0331 e. The van der Waals surface area contributed by atoms with Gasteiger partial charge in [-0.2, -0.15) is 0 Å². The molecule has 3 rings (SSSR count). The van der Waals surface area contributed by atoms with Crippen molar-refractivity contribution in [2.24, 2.45) is 41.4 Å². The third kappa shape index (κ3) is 1.47. The van der Waals surface area contributed by atoms with Crippen LogP contribution in [0.15, 0.2) is 0 Å². The standard InChI is InChI=1S/C15H26/c1-9-6-12-4-5-13-8-10(2)15(13)11(3)14(12)7-9/h9-15H,4-8H2,1-3H3. The van der Waals surface area contributed by atoms with E-state index in [0.717, 1.165) is 41.4 Å². The normalized spacial score (nSPS) is 59.0.